The molecule has 5 heteroatoms. The summed E-state index contributed by atoms with van der Waals surface area (Å²) in [5.41, 5.74) is 3.11. The van der Waals surface area contributed by atoms with Gasteiger partial charge in [0.15, 0.2) is 11.5 Å². The summed E-state index contributed by atoms with van der Waals surface area (Å²) in [7, 11) is 0. The molecule has 0 saturated heterocycles. The number of para-hydroxylation sites is 1. The zero-order valence-electron chi connectivity index (χ0n) is 13.5. The van der Waals surface area contributed by atoms with Gasteiger partial charge >= 0.3 is 0 Å². The van der Waals surface area contributed by atoms with Crippen molar-refractivity contribution in [2.24, 2.45) is 0 Å². The van der Waals surface area contributed by atoms with E-state index in [9.17, 15) is 4.79 Å². The number of amides is 1. The summed E-state index contributed by atoms with van der Waals surface area (Å²) in [5, 5.41) is 3.94. The normalized spacial score (nSPS) is 15.4. The molecule has 1 aromatic heterocycles. The molecular formula is C20H16N2O3. The first-order valence-electron chi connectivity index (χ1n) is 8.38. The van der Waals surface area contributed by atoms with Gasteiger partial charge in [0.05, 0.1) is 16.8 Å². The third kappa shape index (κ3) is 2.58. The lowest BCUT2D eigenvalue weighted by atomic mass is 10.0. The number of benzene rings is 2. The van der Waals surface area contributed by atoms with Crippen molar-refractivity contribution >= 4 is 16.8 Å². The fourth-order valence-electron chi connectivity index (χ4n) is 3.06. The van der Waals surface area contributed by atoms with Crippen molar-refractivity contribution in [3.05, 3.63) is 54.1 Å². The summed E-state index contributed by atoms with van der Waals surface area (Å²) in [6, 6.07) is 15.6. The summed E-state index contributed by atoms with van der Waals surface area (Å²) in [4.78, 5) is 17.4. The van der Waals surface area contributed by atoms with Gasteiger partial charge in [-0.05, 0) is 43.2 Å². The number of ether oxygens (including phenoxy) is 2. The highest BCUT2D eigenvalue weighted by atomic mass is 16.7. The molecular weight excluding hydrogens is 316 g/mol. The van der Waals surface area contributed by atoms with Crippen LogP contribution in [0.25, 0.3) is 22.2 Å². The Morgan fingerprint density at radius 3 is 2.76 bits per heavy atom. The van der Waals surface area contributed by atoms with Crippen molar-refractivity contribution in [3.63, 3.8) is 0 Å². The molecule has 5 rings (SSSR count). The van der Waals surface area contributed by atoms with E-state index in [-0.39, 0.29) is 12.7 Å². The molecule has 124 valence electrons. The third-order valence-corrected chi connectivity index (χ3v) is 4.54. The van der Waals surface area contributed by atoms with Crippen LogP contribution in [-0.2, 0) is 0 Å². The minimum Gasteiger partial charge on any atom is -0.454 e. The van der Waals surface area contributed by atoms with Crippen molar-refractivity contribution in [1.82, 2.24) is 10.3 Å². The van der Waals surface area contributed by atoms with Crippen molar-refractivity contribution in [2.75, 3.05) is 6.79 Å². The first-order valence-corrected chi connectivity index (χ1v) is 8.38. The minimum absolute atomic E-state index is 0.0388. The lowest BCUT2D eigenvalue weighted by molar-refractivity contribution is 0.0952. The molecule has 3 aromatic rings. The van der Waals surface area contributed by atoms with E-state index in [0.29, 0.717) is 17.4 Å². The maximum Gasteiger partial charge on any atom is 0.252 e. The number of hydrogen-bond acceptors (Lipinski definition) is 4. The number of fused-ring (bicyclic) bond motifs is 2. The van der Waals surface area contributed by atoms with E-state index in [1.54, 1.807) is 0 Å². The molecule has 1 aliphatic carbocycles. The van der Waals surface area contributed by atoms with Crippen LogP contribution < -0.4 is 14.8 Å². The number of pyridine rings is 1. The van der Waals surface area contributed by atoms with Gasteiger partial charge in [-0.2, -0.15) is 0 Å². The molecule has 2 aliphatic rings. The molecule has 1 amide bonds. The molecule has 1 N–H and O–H groups in total. The predicted octanol–water partition coefficient (Wildman–Crippen LogP) is 3.52. The smallest absolute Gasteiger partial charge is 0.252 e. The summed E-state index contributed by atoms with van der Waals surface area (Å²) in [5.74, 6) is 1.40. The average molecular weight is 332 g/mol. The summed E-state index contributed by atoms with van der Waals surface area (Å²) < 4.78 is 10.8. The average Bonchev–Trinajstić information content (AvgIpc) is 3.33. The molecule has 0 spiro atoms. The molecule has 0 bridgehead atoms. The molecule has 0 atom stereocenters. The highest BCUT2D eigenvalue weighted by Gasteiger charge is 2.25. The van der Waals surface area contributed by atoms with Crippen LogP contribution in [0.2, 0.25) is 0 Å². The molecule has 1 aliphatic heterocycles. The number of aromatic nitrogens is 1. The second kappa shape index (κ2) is 5.48. The van der Waals surface area contributed by atoms with Crippen LogP contribution in [0, 0.1) is 0 Å². The van der Waals surface area contributed by atoms with Gasteiger partial charge in [-0.3, -0.25) is 4.79 Å². The molecule has 1 fully saturated rings. The van der Waals surface area contributed by atoms with Crippen LogP contribution in [0.4, 0.5) is 0 Å². The topological polar surface area (TPSA) is 60.5 Å². The largest absolute Gasteiger partial charge is 0.454 e. The molecule has 25 heavy (non-hydrogen) atoms. The Balaban J connectivity index is 1.64. The van der Waals surface area contributed by atoms with E-state index in [0.717, 1.165) is 40.8 Å². The Hall–Kier alpha value is -3.08. The van der Waals surface area contributed by atoms with Crippen molar-refractivity contribution < 1.29 is 14.3 Å². The molecule has 5 nitrogen and oxygen atoms in total. The van der Waals surface area contributed by atoms with E-state index in [2.05, 4.69) is 5.32 Å². The van der Waals surface area contributed by atoms with Crippen LogP contribution in [0.15, 0.2) is 48.5 Å². The van der Waals surface area contributed by atoms with E-state index >= 15 is 0 Å². The summed E-state index contributed by atoms with van der Waals surface area (Å²) in [6.45, 7) is 0.235. The molecule has 1 saturated carbocycles. The van der Waals surface area contributed by atoms with Gasteiger partial charge in [-0.1, -0.05) is 18.2 Å². The van der Waals surface area contributed by atoms with Crippen LogP contribution in [0.3, 0.4) is 0 Å². The third-order valence-electron chi connectivity index (χ3n) is 4.54. The van der Waals surface area contributed by atoms with Crippen LogP contribution >= 0.6 is 0 Å². The van der Waals surface area contributed by atoms with Crippen LogP contribution in [0.5, 0.6) is 11.5 Å². The fraction of sp³-hybridized carbons (Fsp3) is 0.200. The van der Waals surface area contributed by atoms with Crippen molar-refractivity contribution in [3.8, 4) is 22.8 Å². The fourth-order valence-corrected chi connectivity index (χ4v) is 3.06. The zero-order chi connectivity index (χ0) is 16.8. The van der Waals surface area contributed by atoms with Gasteiger partial charge in [0.2, 0.25) is 6.79 Å². The highest BCUT2D eigenvalue weighted by Crippen LogP contribution is 2.36. The van der Waals surface area contributed by atoms with Gasteiger partial charge in [0.25, 0.3) is 5.91 Å². The number of rotatable bonds is 3. The van der Waals surface area contributed by atoms with Gasteiger partial charge in [-0.25, -0.2) is 4.98 Å². The zero-order valence-corrected chi connectivity index (χ0v) is 13.5. The Bertz CT molecular complexity index is 995. The van der Waals surface area contributed by atoms with Gasteiger partial charge in [0, 0.05) is 17.0 Å². The van der Waals surface area contributed by atoms with E-state index in [1.807, 2.05) is 48.5 Å². The molecule has 0 unspecified atom stereocenters. The number of nitrogens with zero attached hydrogens (tertiary/aromatic N) is 1. The van der Waals surface area contributed by atoms with Crippen LogP contribution in [-0.4, -0.2) is 23.7 Å². The standard InChI is InChI=1S/C20H16N2O3/c23-20(21-13-6-7-13)15-10-17(22-16-4-2-1-3-14(15)16)12-5-8-18-19(9-12)25-11-24-18/h1-5,8-10,13H,6-7,11H2,(H,21,23). The second-order valence-corrected chi connectivity index (χ2v) is 6.39. The molecule has 2 aromatic carbocycles. The van der Waals surface area contributed by atoms with Crippen molar-refractivity contribution in [2.45, 2.75) is 18.9 Å². The maximum absolute atomic E-state index is 12.7. The Morgan fingerprint density at radius 1 is 1.04 bits per heavy atom. The monoisotopic (exact) mass is 332 g/mol. The number of hydrogen-bond donors (Lipinski definition) is 1. The van der Waals surface area contributed by atoms with Crippen LogP contribution in [0.1, 0.15) is 23.2 Å². The lowest BCUT2D eigenvalue weighted by Gasteiger charge is -2.10. The first-order chi connectivity index (χ1) is 12.3. The van der Waals surface area contributed by atoms with Gasteiger partial charge in [0.1, 0.15) is 0 Å². The summed E-state index contributed by atoms with van der Waals surface area (Å²) in [6.07, 6.45) is 2.12. The lowest BCUT2D eigenvalue weighted by Crippen LogP contribution is -2.25. The van der Waals surface area contributed by atoms with E-state index in [4.69, 9.17) is 14.5 Å². The Morgan fingerprint density at radius 2 is 1.88 bits per heavy atom. The molecule has 2 heterocycles. The maximum atomic E-state index is 12.7. The Labute approximate surface area is 144 Å². The number of carbonyl (C=O) groups is 1. The second-order valence-electron chi connectivity index (χ2n) is 6.39. The highest BCUT2D eigenvalue weighted by molar-refractivity contribution is 6.07. The first kappa shape index (κ1) is 14.3. The Kier molecular flexibility index (Phi) is 3.13. The predicted molar refractivity (Wildman–Crippen MR) is 93.8 cm³/mol. The SMILES string of the molecule is O=C(NC1CC1)c1cc(-c2ccc3c(c2)OCO3)nc2ccccc12. The van der Waals surface area contributed by atoms with E-state index < -0.39 is 0 Å². The number of carbonyl (C=O) groups excluding carboxylic acids is 1. The number of nitrogens with one attached hydrogen (secondary N) is 1. The quantitative estimate of drug-likeness (QED) is 0.797. The molecule has 0 radical (unpaired) electrons. The van der Waals surface area contributed by atoms with Crippen molar-refractivity contribution in [1.29, 1.82) is 0 Å². The van der Waals surface area contributed by atoms with Gasteiger partial charge < -0.3 is 14.8 Å². The van der Waals surface area contributed by atoms with Gasteiger partial charge in [-0.15, -0.1) is 0 Å². The minimum atomic E-state index is -0.0388. The summed E-state index contributed by atoms with van der Waals surface area (Å²) >= 11 is 0. The van der Waals surface area contributed by atoms with E-state index in [1.165, 1.54) is 0 Å².